The summed E-state index contributed by atoms with van der Waals surface area (Å²) in [5, 5.41) is 0. The van der Waals surface area contributed by atoms with Crippen molar-refractivity contribution in [2.24, 2.45) is 11.8 Å². The van der Waals surface area contributed by atoms with Crippen molar-refractivity contribution in [3.05, 3.63) is 0 Å². The molecular weight excluding hydrogens is 268 g/mol. The van der Waals surface area contributed by atoms with E-state index in [0.29, 0.717) is 18.4 Å². The van der Waals surface area contributed by atoms with Gasteiger partial charge in [0.25, 0.3) is 0 Å². The largest absolute Gasteiger partial charge is 0.465 e. The molecule has 0 spiro atoms. The third kappa shape index (κ3) is 8.74. The molecule has 0 saturated heterocycles. The summed E-state index contributed by atoms with van der Waals surface area (Å²) >= 11 is 0. The normalized spacial score (nSPS) is 17.5. The first kappa shape index (κ1) is 18.0. The van der Waals surface area contributed by atoms with Crippen LogP contribution in [0.15, 0.2) is 0 Å². The first-order valence-electron chi connectivity index (χ1n) is 8.32. The number of rotatable bonds is 8. The van der Waals surface area contributed by atoms with Crippen molar-refractivity contribution in [3.63, 3.8) is 0 Å². The van der Waals surface area contributed by atoms with E-state index >= 15 is 0 Å². The molecule has 0 N–H and O–H groups in total. The second-order valence-electron chi connectivity index (χ2n) is 6.62. The first-order chi connectivity index (χ1) is 9.97. The number of carbonyl (C=O) groups is 2. The minimum atomic E-state index is -0.308. The Labute approximate surface area is 128 Å². The lowest BCUT2D eigenvalue weighted by Crippen LogP contribution is -2.19. The Morgan fingerprint density at radius 2 is 1.62 bits per heavy atom. The highest BCUT2D eigenvalue weighted by molar-refractivity contribution is 5.77. The van der Waals surface area contributed by atoms with E-state index in [9.17, 15) is 9.59 Å². The molecule has 1 fully saturated rings. The fourth-order valence-corrected chi connectivity index (χ4v) is 2.84. The van der Waals surface area contributed by atoms with Crippen molar-refractivity contribution < 1.29 is 19.1 Å². The van der Waals surface area contributed by atoms with Gasteiger partial charge in [0.1, 0.15) is 0 Å². The molecule has 0 amide bonds. The van der Waals surface area contributed by atoms with E-state index in [4.69, 9.17) is 9.47 Å². The predicted molar refractivity (Wildman–Crippen MR) is 81.8 cm³/mol. The van der Waals surface area contributed by atoms with Gasteiger partial charge in [-0.2, -0.15) is 0 Å². The maximum atomic E-state index is 11.6. The van der Waals surface area contributed by atoms with Crippen LogP contribution < -0.4 is 0 Å². The van der Waals surface area contributed by atoms with Gasteiger partial charge in [-0.05, 0) is 38.0 Å². The minimum Gasteiger partial charge on any atom is -0.465 e. The van der Waals surface area contributed by atoms with Crippen molar-refractivity contribution in [3.8, 4) is 0 Å². The lowest BCUT2D eigenvalue weighted by molar-refractivity contribution is -0.154. The average molecular weight is 298 g/mol. The Bertz CT molecular complexity index is 319. The smallest absolute Gasteiger partial charge is 0.306 e. The van der Waals surface area contributed by atoms with E-state index in [1.807, 2.05) is 6.92 Å². The van der Waals surface area contributed by atoms with E-state index in [0.717, 1.165) is 19.3 Å². The standard InChI is InChI=1S/C17H30O4/c1-13(2)11-14(3)21-17(19)10-9-16(18)20-12-15-7-5-4-6-8-15/h13-15H,4-12H2,1-3H3. The highest BCUT2D eigenvalue weighted by Crippen LogP contribution is 2.23. The lowest BCUT2D eigenvalue weighted by atomic mass is 9.90. The number of ether oxygens (including phenoxy) is 2. The molecule has 1 aliphatic rings. The molecule has 0 aromatic heterocycles. The number of carbonyl (C=O) groups excluding carboxylic acids is 2. The molecule has 1 unspecified atom stereocenters. The van der Waals surface area contributed by atoms with Crippen molar-refractivity contribution in [1.82, 2.24) is 0 Å². The molecule has 21 heavy (non-hydrogen) atoms. The first-order valence-corrected chi connectivity index (χ1v) is 8.32. The molecule has 0 heterocycles. The molecule has 1 saturated carbocycles. The highest BCUT2D eigenvalue weighted by Gasteiger charge is 2.17. The van der Waals surface area contributed by atoms with Crippen LogP contribution >= 0.6 is 0 Å². The topological polar surface area (TPSA) is 52.6 Å². The maximum Gasteiger partial charge on any atom is 0.306 e. The average Bonchev–Trinajstić information content (AvgIpc) is 2.43. The van der Waals surface area contributed by atoms with Gasteiger partial charge in [0.05, 0.1) is 25.6 Å². The maximum absolute atomic E-state index is 11.6. The van der Waals surface area contributed by atoms with Gasteiger partial charge in [0.2, 0.25) is 0 Å². The van der Waals surface area contributed by atoms with Crippen LogP contribution in [0.2, 0.25) is 0 Å². The van der Waals surface area contributed by atoms with Gasteiger partial charge in [-0.1, -0.05) is 33.1 Å². The summed E-state index contributed by atoms with van der Waals surface area (Å²) in [6.07, 6.45) is 7.08. The molecule has 1 atom stereocenters. The van der Waals surface area contributed by atoms with Gasteiger partial charge in [-0.3, -0.25) is 9.59 Å². The molecular formula is C17H30O4. The minimum absolute atomic E-state index is 0.0873. The molecule has 1 rings (SSSR count). The summed E-state index contributed by atoms with van der Waals surface area (Å²) in [5.41, 5.74) is 0. The fraction of sp³-hybridized carbons (Fsp3) is 0.882. The quantitative estimate of drug-likeness (QED) is 0.638. The summed E-state index contributed by atoms with van der Waals surface area (Å²) in [5.74, 6) is 0.417. The zero-order valence-corrected chi connectivity index (χ0v) is 13.7. The van der Waals surface area contributed by atoms with Gasteiger partial charge in [-0.25, -0.2) is 0 Å². The number of hydrogen-bond donors (Lipinski definition) is 0. The third-order valence-corrected chi connectivity index (χ3v) is 3.87. The summed E-state index contributed by atoms with van der Waals surface area (Å²) in [6, 6.07) is 0. The van der Waals surface area contributed by atoms with Crippen LogP contribution in [0.4, 0.5) is 0 Å². The summed E-state index contributed by atoms with van der Waals surface area (Å²) in [4.78, 5) is 23.2. The van der Waals surface area contributed by atoms with Crippen LogP contribution in [0.25, 0.3) is 0 Å². The second-order valence-corrected chi connectivity index (χ2v) is 6.62. The van der Waals surface area contributed by atoms with Crippen LogP contribution in [0.1, 0.15) is 72.1 Å². The van der Waals surface area contributed by atoms with Crippen LogP contribution in [-0.4, -0.2) is 24.6 Å². The highest BCUT2D eigenvalue weighted by atomic mass is 16.5. The monoisotopic (exact) mass is 298 g/mol. The third-order valence-electron chi connectivity index (χ3n) is 3.87. The Balaban J connectivity index is 2.09. The molecule has 122 valence electrons. The molecule has 0 aromatic rings. The second kappa shape index (κ2) is 9.80. The molecule has 1 aliphatic carbocycles. The van der Waals surface area contributed by atoms with E-state index in [1.54, 1.807) is 0 Å². The van der Waals surface area contributed by atoms with Gasteiger partial charge >= 0.3 is 11.9 Å². The van der Waals surface area contributed by atoms with E-state index in [2.05, 4.69) is 13.8 Å². The van der Waals surface area contributed by atoms with Crippen molar-refractivity contribution in [2.45, 2.75) is 78.2 Å². The molecule has 0 aromatic carbocycles. The van der Waals surface area contributed by atoms with Crippen molar-refractivity contribution >= 4 is 11.9 Å². The fourth-order valence-electron chi connectivity index (χ4n) is 2.84. The summed E-state index contributed by atoms with van der Waals surface area (Å²) in [7, 11) is 0. The lowest BCUT2D eigenvalue weighted by Gasteiger charge is -2.21. The molecule has 0 bridgehead atoms. The summed E-state index contributed by atoms with van der Waals surface area (Å²) < 4.78 is 10.5. The van der Waals surface area contributed by atoms with E-state index in [-0.39, 0.29) is 30.9 Å². The van der Waals surface area contributed by atoms with Crippen LogP contribution in [0.5, 0.6) is 0 Å². The van der Waals surface area contributed by atoms with E-state index < -0.39 is 0 Å². The number of esters is 2. The van der Waals surface area contributed by atoms with Gasteiger partial charge in [0.15, 0.2) is 0 Å². The SMILES string of the molecule is CC(C)CC(C)OC(=O)CCC(=O)OCC1CCCCC1. The van der Waals surface area contributed by atoms with Crippen molar-refractivity contribution in [1.29, 1.82) is 0 Å². The molecule has 0 aliphatic heterocycles. The van der Waals surface area contributed by atoms with Gasteiger partial charge in [-0.15, -0.1) is 0 Å². The Morgan fingerprint density at radius 1 is 1.00 bits per heavy atom. The molecule has 0 radical (unpaired) electrons. The summed E-state index contributed by atoms with van der Waals surface area (Å²) in [6.45, 7) is 6.58. The Kier molecular flexibility index (Phi) is 8.40. The van der Waals surface area contributed by atoms with Crippen LogP contribution in [0.3, 0.4) is 0 Å². The molecule has 4 heteroatoms. The molecule has 4 nitrogen and oxygen atoms in total. The van der Waals surface area contributed by atoms with Crippen LogP contribution in [0, 0.1) is 11.8 Å². The number of hydrogen-bond acceptors (Lipinski definition) is 4. The predicted octanol–water partition coefficient (Wildman–Crippen LogP) is 3.87. The van der Waals surface area contributed by atoms with Crippen LogP contribution in [-0.2, 0) is 19.1 Å². The Morgan fingerprint density at radius 3 is 2.24 bits per heavy atom. The van der Waals surface area contributed by atoms with Crippen molar-refractivity contribution in [2.75, 3.05) is 6.61 Å². The van der Waals surface area contributed by atoms with E-state index in [1.165, 1.54) is 19.3 Å². The zero-order chi connectivity index (χ0) is 15.7. The zero-order valence-electron chi connectivity index (χ0n) is 13.7. The van der Waals surface area contributed by atoms with Gasteiger partial charge < -0.3 is 9.47 Å². The van der Waals surface area contributed by atoms with Gasteiger partial charge in [0, 0.05) is 0 Å². The Hall–Kier alpha value is -1.06.